The van der Waals surface area contributed by atoms with Crippen LogP contribution in [-0.4, -0.2) is 50.6 Å². The molecule has 0 unspecified atom stereocenters. The number of hydrogen-bond donors (Lipinski definition) is 1. The van der Waals surface area contributed by atoms with Crippen molar-refractivity contribution in [3.63, 3.8) is 0 Å². The number of piperidine rings is 1. The van der Waals surface area contributed by atoms with Gasteiger partial charge in [-0.2, -0.15) is 18.2 Å². The number of hydrogen-bond acceptors (Lipinski definition) is 4. The van der Waals surface area contributed by atoms with Crippen LogP contribution in [0.3, 0.4) is 0 Å². The summed E-state index contributed by atoms with van der Waals surface area (Å²) in [7, 11) is 0. The molecule has 33 heavy (non-hydrogen) atoms. The van der Waals surface area contributed by atoms with Crippen molar-refractivity contribution in [3.8, 4) is 0 Å². The topological polar surface area (TPSA) is 79.6 Å². The summed E-state index contributed by atoms with van der Waals surface area (Å²) < 4.78 is 39.5. The Hall–Kier alpha value is -2.65. The summed E-state index contributed by atoms with van der Waals surface area (Å²) in [6, 6.07) is 5.89. The largest absolute Gasteiger partial charge is 0.397 e. The predicted octanol–water partition coefficient (Wildman–Crippen LogP) is 4.30. The third-order valence-electron chi connectivity index (χ3n) is 7.57. The number of nitrogens with one attached hydrogen (secondary N) is 1. The van der Waals surface area contributed by atoms with Crippen LogP contribution in [0.25, 0.3) is 5.65 Å². The van der Waals surface area contributed by atoms with Crippen molar-refractivity contribution in [3.05, 3.63) is 23.9 Å². The first-order valence-electron chi connectivity index (χ1n) is 11.7. The van der Waals surface area contributed by atoms with Gasteiger partial charge in [0.2, 0.25) is 17.8 Å². The van der Waals surface area contributed by atoms with Crippen LogP contribution >= 0.6 is 0 Å². The molecular formula is C23H28F3N5O2. The van der Waals surface area contributed by atoms with Gasteiger partial charge < -0.3 is 4.90 Å². The van der Waals surface area contributed by atoms with Crippen molar-refractivity contribution in [1.29, 1.82) is 0 Å². The number of anilines is 1. The van der Waals surface area contributed by atoms with E-state index in [9.17, 15) is 22.8 Å². The lowest BCUT2D eigenvalue weighted by Crippen LogP contribution is -2.45. The lowest BCUT2D eigenvalue weighted by atomic mass is 9.65. The summed E-state index contributed by atoms with van der Waals surface area (Å²) in [5.74, 6) is -0.109. The molecule has 2 amide bonds. The molecule has 1 saturated heterocycles. The van der Waals surface area contributed by atoms with Gasteiger partial charge in [-0.1, -0.05) is 6.07 Å². The van der Waals surface area contributed by atoms with Crippen molar-refractivity contribution in [1.82, 2.24) is 19.5 Å². The lowest BCUT2D eigenvalue weighted by molar-refractivity contribution is -0.163. The van der Waals surface area contributed by atoms with E-state index >= 15 is 0 Å². The molecule has 1 spiro atoms. The van der Waals surface area contributed by atoms with Crippen molar-refractivity contribution >= 4 is 23.4 Å². The van der Waals surface area contributed by atoms with Gasteiger partial charge >= 0.3 is 6.18 Å². The maximum atomic E-state index is 12.5. The van der Waals surface area contributed by atoms with Crippen LogP contribution < -0.4 is 5.32 Å². The van der Waals surface area contributed by atoms with E-state index < -0.39 is 18.5 Å². The minimum atomic E-state index is -4.45. The SMILES string of the molecule is O=C(Nc1nc2cccc(C3CCC4(CC3)CCN(C(=O)CC(F)(F)F)CC4)n2n1)C1CC1. The summed E-state index contributed by atoms with van der Waals surface area (Å²) in [4.78, 5) is 29.8. The average molecular weight is 464 g/mol. The van der Waals surface area contributed by atoms with Crippen molar-refractivity contribution < 1.29 is 22.8 Å². The third-order valence-corrected chi connectivity index (χ3v) is 7.57. The number of nitrogens with zero attached hydrogens (tertiary/aromatic N) is 4. The minimum absolute atomic E-state index is 0.0212. The van der Waals surface area contributed by atoms with Crippen molar-refractivity contribution in [2.24, 2.45) is 11.3 Å². The Morgan fingerprint density at radius 3 is 2.39 bits per heavy atom. The van der Waals surface area contributed by atoms with Crippen LogP contribution in [0.4, 0.5) is 19.1 Å². The number of carbonyl (C=O) groups is 2. The molecule has 7 nitrogen and oxygen atoms in total. The first-order chi connectivity index (χ1) is 15.7. The lowest BCUT2D eigenvalue weighted by Gasteiger charge is -2.46. The summed E-state index contributed by atoms with van der Waals surface area (Å²) in [5, 5.41) is 7.35. The summed E-state index contributed by atoms with van der Waals surface area (Å²) >= 11 is 0. The molecule has 3 heterocycles. The number of carbonyl (C=O) groups excluding carboxylic acids is 2. The highest BCUT2D eigenvalue weighted by Gasteiger charge is 2.41. The van der Waals surface area contributed by atoms with Crippen LogP contribution in [0.5, 0.6) is 0 Å². The number of aromatic nitrogens is 3. The highest BCUT2D eigenvalue weighted by atomic mass is 19.4. The van der Waals surface area contributed by atoms with E-state index in [4.69, 9.17) is 0 Å². The standard InChI is InChI=1S/C23H28F3N5O2/c24-23(25,26)14-19(32)30-12-10-22(11-13-30)8-6-15(7-9-22)17-2-1-3-18-27-21(29-31(17)18)28-20(33)16-4-5-16/h1-3,15-16H,4-14H2,(H,28,29,33). The molecule has 0 atom stereocenters. The van der Waals surface area contributed by atoms with Crippen LogP contribution in [0.2, 0.25) is 0 Å². The van der Waals surface area contributed by atoms with E-state index in [1.807, 2.05) is 16.6 Å². The molecule has 178 valence electrons. The molecule has 2 aromatic rings. The molecule has 5 rings (SSSR count). The summed E-state index contributed by atoms with van der Waals surface area (Å²) in [6.07, 6.45) is 1.41. The van der Waals surface area contributed by atoms with Gasteiger partial charge in [-0.15, -0.1) is 5.10 Å². The van der Waals surface area contributed by atoms with Gasteiger partial charge in [0.1, 0.15) is 6.42 Å². The number of alkyl halides is 3. The Bertz CT molecular complexity index is 1040. The first-order valence-corrected chi connectivity index (χ1v) is 11.7. The molecule has 0 aromatic carbocycles. The second-order valence-corrected chi connectivity index (χ2v) is 9.87. The van der Waals surface area contributed by atoms with Gasteiger partial charge in [0.25, 0.3) is 0 Å². The molecule has 2 saturated carbocycles. The van der Waals surface area contributed by atoms with Crippen molar-refractivity contribution in [2.75, 3.05) is 18.4 Å². The zero-order valence-corrected chi connectivity index (χ0v) is 18.4. The van der Waals surface area contributed by atoms with E-state index in [0.29, 0.717) is 30.6 Å². The highest BCUT2D eigenvalue weighted by molar-refractivity contribution is 5.92. The normalized spacial score (nSPS) is 21.5. The molecule has 1 aliphatic heterocycles. The number of likely N-dealkylation sites (tertiary alicyclic amines) is 1. The molecule has 10 heteroatoms. The molecule has 2 aliphatic carbocycles. The maximum absolute atomic E-state index is 12.5. The highest BCUT2D eigenvalue weighted by Crippen LogP contribution is 2.49. The van der Waals surface area contributed by atoms with Crippen LogP contribution in [0, 0.1) is 11.3 Å². The van der Waals surface area contributed by atoms with Gasteiger partial charge in [-0.3, -0.25) is 14.9 Å². The van der Waals surface area contributed by atoms with E-state index in [2.05, 4.69) is 21.5 Å². The van der Waals surface area contributed by atoms with Crippen molar-refractivity contribution in [2.45, 2.75) is 69.9 Å². The average Bonchev–Trinajstić information content (AvgIpc) is 3.54. The third kappa shape index (κ3) is 4.84. The van der Waals surface area contributed by atoms with E-state index in [-0.39, 0.29) is 17.2 Å². The number of rotatable bonds is 4. The van der Waals surface area contributed by atoms with Gasteiger partial charge in [0.05, 0.1) is 0 Å². The summed E-state index contributed by atoms with van der Waals surface area (Å²) in [5.41, 5.74) is 1.88. The van der Waals surface area contributed by atoms with Crippen LogP contribution in [-0.2, 0) is 9.59 Å². The monoisotopic (exact) mass is 463 g/mol. The fourth-order valence-corrected chi connectivity index (χ4v) is 5.38. The fourth-order valence-electron chi connectivity index (χ4n) is 5.38. The maximum Gasteiger partial charge on any atom is 0.397 e. The van der Waals surface area contributed by atoms with E-state index in [1.165, 1.54) is 4.90 Å². The zero-order valence-electron chi connectivity index (χ0n) is 18.4. The Morgan fingerprint density at radius 1 is 1.06 bits per heavy atom. The van der Waals surface area contributed by atoms with E-state index in [1.54, 1.807) is 0 Å². The quantitative estimate of drug-likeness (QED) is 0.734. The van der Waals surface area contributed by atoms with Gasteiger partial charge in [0.15, 0.2) is 5.65 Å². The first kappa shape index (κ1) is 22.2. The smallest absolute Gasteiger partial charge is 0.342 e. The second-order valence-electron chi connectivity index (χ2n) is 9.87. The Labute approximate surface area is 189 Å². The number of fused-ring (bicyclic) bond motifs is 1. The zero-order chi connectivity index (χ0) is 23.2. The summed E-state index contributed by atoms with van der Waals surface area (Å²) in [6.45, 7) is 0.810. The molecule has 3 fully saturated rings. The molecular weight excluding hydrogens is 435 g/mol. The number of halogens is 3. The molecule has 3 aliphatic rings. The van der Waals surface area contributed by atoms with E-state index in [0.717, 1.165) is 57.1 Å². The molecule has 2 aromatic heterocycles. The molecule has 0 radical (unpaired) electrons. The minimum Gasteiger partial charge on any atom is -0.342 e. The predicted molar refractivity (Wildman–Crippen MR) is 114 cm³/mol. The Kier molecular flexibility index (Phi) is 5.56. The second kappa shape index (κ2) is 8.29. The Balaban J connectivity index is 1.21. The fraction of sp³-hybridized carbons (Fsp3) is 0.652. The van der Waals surface area contributed by atoms with Crippen LogP contribution in [0.1, 0.15) is 69.4 Å². The van der Waals surface area contributed by atoms with Gasteiger partial charge in [-0.25, -0.2) is 4.52 Å². The van der Waals surface area contributed by atoms with Crippen LogP contribution in [0.15, 0.2) is 18.2 Å². The number of pyridine rings is 1. The Morgan fingerprint density at radius 2 is 1.76 bits per heavy atom. The van der Waals surface area contributed by atoms with Gasteiger partial charge in [-0.05, 0) is 68.9 Å². The number of amides is 2. The van der Waals surface area contributed by atoms with Gasteiger partial charge in [0, 0.05) is 30.6 Å². The molecule has 1 N–H and O–H groups in total. The molecule has 0 bridgehead atoms.